The van der Waals surface area contributed by atoms with Crippen molar-refractivity contribution in [3.8, 4) is 5.75 Å². The summed E-state index contributed by atoms with van der Waals surface area (Å²) in [7, 11) is -3.55. The summed E-state index contributed by atoms with van der Waals surface area (Å²) >= 11 is 0. The van der Waals surface area contributed by atoms with E-state index in [-0.39, 0.29) is 22.8 Å². The molecule has 0 radical (unpaired) electrons. The Labute approximate surface area is 148 Å². The zero-order valence-corrected chi connectivity index (χ0v) is 14.5. The van der Waals surface area contributed by atoms with Crippen LogP contribution in [0.15, 0.2) is 53.4 Å². The van der Waals surface area contributed by atoms with E-state index < -0.39 is 28.5 Å². The Kier molecular flexibility index (Phi) is 5.91. The molecule has 2 aromatic carbocycles. The number of carbonyl (C=O) groups is 1. The Morgan fingerprint density at radius 2 is 1.69 bits per heavy atom. The highest BCUT2D eigenvalue weighted by atomic mass is 32.2. The molecule has 2 rings (SSSR count). The van der Waals surface area contributed by atoms with Gasteiger partial charge in [0.05, 0.1) is 10.5 Å². The molecule has 0 atom stereocenters. The van der Waals surface area contributed by atoms with Crippen LogP contribution in [-0.2, 0) is 16.4 Å². The standard InChI is InChI=1S/C17H16F3NO4S/c1-26(23,24)15-5-3-2-4-14(15)16(22)21-10-12-6-8-13(9-7-12)25-11-17(18,19)20/h2-9H,10-11H2,1H3,(H,21,22). The van der Waals surface area contributed by atoms with Gasteiger partial charge in [-0.1, -0.05) is 24.3 Å². The lowest BCUT2D eigenvalue weighted by Gasteiger charge is -2.11. The van der Waals surface area contributed by atoms with Crippen molar-refractivity contribution in [2.75, 3.05) is 12.9 Å². The van der Waals surface area contributed by atoms with E-state index in [4.69, 9.17) is 0 Å². The number of amides is 1. The zero-order chi connectivity index (χ0) is 19.4. The molecule has 0 aliphatic heterocycles. The van der Waals surface area contributed by atoms with Crippen molar-refractivity contribution in [3.63, 3.8) is 0 Å². The summed E-state index contributed by atoms with van der Waals surface area (Å²) < 4.78 is 64.3. The van der Waals surface area contributed by atoms with Gasteiger partial charge in [0.1, 0.15) is 5.75 Å². The van der Waals surface area contributed by atoms with Gasteiger partial charge in [-0.05, 0) is 29.8 Å². The van der Waals surface area contributed by atoms with Gasteiger partial charge in [-0.15, -0.1) is 0 Å². The van der Waals surface area contributed by atoms with Gasteiger partial charge in [-0.25, -0.2) is 8.42 Å². The smallest absolute Gasteiger partial charge is 0.422 e. The number of carbonyl (C=O) groups excluding carboxylic acids is 1. The van der Waals surface area contributed by atoms with Gasteiger partial charge in [0, 0.05) is 12.8 Å². The predicted octanol–water partition coefficient (Wildman–Crippen LogP) is 2.96. The van der Waals surface area contributed by atoms with Crippen LogP contribution in [0.2, 0.25) is 0 Å². The fourth-order valence-electron chi connectivity index (χ4n) is 2.12. The minimum atomic E-state index is -4.42. The molecule has 0 aliphatic rings. The van der Waals surface area contributed by atoms with Gasteiger partial charge in [-0.2, -0.15) is 13.2 Å². The highest BCUT2D eigenvalue weighted by Crippen LogP contribution is 2.19. The number of hydrogen-bond acceptors (Lipinski definition) is 4. The second kappa shape index (κ2) is 7.77. The molecule has 0 unspecified atom stereocenters. The van der Waals surface area contributed by atoms with Gasteiger partial charge in [-0.3, -0.25) is 4.79 Å². The average molecular weight is 387 g/mol. The van der Waals surface area contributed by atoms with Crippen LogP contribution >= 0.6 is 0 Å². The van der Waals surface area contributed by atoms with E-state index in [1.165, 1.54) is 42.5 Å². The van der Waals surface area contributed by atoms with Gasteiger partial charge >= 0.3 is 6.18 Å². The molecule has 26 heavy (non-hydrogen) atoms. The van der Waals surface area contributed by atoms with Crippen LogP contribution in [0, 0.1) is 0 Å². The first-order chi connectivity index (χ1) is 12.1. The minimum Gasteiger partial charge on any atom is -0.484 e. The summed E-state index contributed by atoms with van der Waals surface area (Å²) in [4.78, 5) is 12.2. The first-order valence-corrected chi connectivity index (χ1v) is 9.31. The van der Waals surface area contributed by atoms with Gasteiger partial charge in [0.15, 0.2) is 16.4 Å². The van der Waals surface area contributed by atoms with Crippen LogP contribution in [0.5, 0.6) is 5.75 Å². The van der Waals surface area contributed by atoms with Crippen molar-refractivity contribution < 1.29 is 31.1 Å². The van der Waals surface area contributed by atoms with E-state index in [1.807, 2.05) is 0 Å². The molecule has 0 heterocycles. The lowest BCUT2D eigenvalue weighted by atomic mass is 10.2. The normalized spacial score (nSPS) is 11.8. The molecule has 140 valence electrons. The number of halogens is 3. The topological polar surface area (TPSA) is 72.5 Å². The Balaban J connectivity index is 2.00. The molecule has 1 amide bonds. The SMILES string of the molecule is CS(=O)(=O)c1ccccc1C(=O)NCc1ccc(OCC(F)(F)F)cc1. The second-order valence-corrected chi connectivity index (χ2v) is 7.48. The summed E-state index contributed by atoms with van der Waals surface area (Å²) in [5.74, 6) is -0.511. The predicted molar refractivity (Wildman–Crippen MR) is 88.7 cm³/mol. The van der Waals surface area contributed by atoms with Gasteiger partial charge in [0.2, 0.25) is 0 Å². The summed E-state index contributed by atoms with van der Waals surface area (Å²) in [6.07, 6.45) is -3.40. The molecule has 9 heteroatoms. The molecule has 0 saturated carbocycles. The Bertz CT molecular complexity index is 878. The van der Waals surface area contributed by atoms with E-state index in [0.717, 1.165) is 6.26 Å². The number of benzene rings is 2. The number of ether oxygens (including phenoxy) is 1. The third-order valence-electron chi connectivity index (χ3n) is 3.31. The minimum absolute atomic E-state index is 0.0279. The third-order valence-corrected chi connectivity index (χ3v) is 4.47. The van der Waals surface area contributed by atoms with E-state index in [9.17, 15) is 26.4 Å². The number of alkyl halides is 3. The maximum absolute atomic E-state index is 12.2. The molecule has 0 aromatic heterocycles. The molecule has 0 spiro atoms. The Morgan fingerprint density at radius 1 is 1.08 bits per heavy atom. The molecule has 0 saturated heterocycles. The molecular formula is C17H16F3NO4S. The highest BCUT2D eigenvalue weighted by molar-refractivity contribution is 7.90. The molecule has 0 fully saturated rings. The van der Waals surface area contributed by atoms with Crippen molar-refractivity contribution in [1.29, 1.82) is 0 Å². The zero-order valence-electron chi connectivity index (χ0n) is 13.7. The van der Waals surface area contributed by atoms with Crippen LogP contribution < -0.4 is 10.1 Å². The molecule has 0 bridgehead atoms. The van der Waals surface area contributed by atoms with E-state index >= 15 is 0 Å². The Morgan fingerprint density at radius 3 is 2.27 bits per heavy atom. The van der Waals surface area contributed by atoms with E-state index in [2.05, 4.69) is 10.1 Å². The number of hydrogen-bond donors (Lipinski definition) is 1. The fraction of sp³-hybridized carbons (Fsp3) is 0.235. The third kappa shape index (κ3) is 5.76. The van der Waals surface area contributed by atoms with Crippen molar-refractivity contribution in [2.45, 2.75) is 17.6 Å². The lowest BCUT2D eigenvalue weighted by Crippen LogP contribution is -2.24. The van der Waals surface area contributed by atoms with Crippen LogP contribution in [0.1, 0.15) is 15.9 Å². The van der Waals surface area contributed by atoms with E-state index in [1.54, 1.807) is 6.07 Å². The van der Waals surface area contributed by atoms with Crippen LogP contribution in [-0.4, -0.2) is 33.4 Å². The number of nitrogens with one attached hydrogen (secondary N) is 1. The first-order valence-electron chi connectivity index (χ1n) is 7.42. The van der Waals surface area contributed by atoms with Crippen molar-refractivity contribution >= 4 is 15.7 Å². The largest absolute Gasteiger partial charge is 0.484 e. The summed E-state index contributed by atoms with van der Waals surface area (Å²) in [5, 5.41) is 2.58. The molecule has 2 aromatic rings. The lowest BCUT2D eigenvalue weighted by molar-refractivity contribution is -0.153. The molecule has 5 nitrogen and oxygen atoms in total. The van der Waals surface area contributed by atoms with Crippen molar-refractivity contribution in [2.24, 2.45) is 0 Å². The van der Waals surface area contributed by atoms with Crippen LogP contribution in [0.25, 0.3) is 0 Å². The van der Waals surface area contributed by atoms with E-state index in [0.29, 0.717) is 5.56 Å². The number of rotatable bonds is 6. The Hall–Kier alpha value is -2.55. The molecule has 0 aliphatic carbocycles. The first kappa shape index (κ1) is 19.8. The molecular weight excluding hydrogens is 371 g/mol. The monoisotopic (exact) mass is 387 g/mol. The summed E-state index contributed by atoms with van der Waals surface area (Å²) in [6, 6.07) is 11.6. The van der Waals surface area contributed by atoms with Gasteiger partial charge < -0.3 is 10.1 Å². The highest BCUT2D eigenvalue weighted by Gasteiger charge is 2.28. The fourth-order valence-corrected chi connectivity index (χ4v) is 3.01. The van der Waals surface area contributed by atoms with Crippen molar-refractivity contribution in [3.05, 3.63) is 59.7 Å². The molecule has 1 N–H and O–H groups in total. The summed E-state index contributed by atoms with van der Waals surface area (Å²) in [6.45, 7) is -1.30. The van der Waals surface area contributed by atoms with Crippen LogP contribution in [0.3, 0.4) is 0 Å². The summed E-state index contributed by atoms with van der Waals surface area (Å²) in [5.41, 5.74) is 0.648. The second-order valence-electron chi connectivity index (χ2n) is 5.50. The van der Waals surface area contributed by atoms with Gasteiger partial charge in [0.25, 0.3) is 5.91 Å². The maximum Gasteiger partial charge on any atom is 0.422 e. The number of sulfone groups is 1. The van der Waals surface area contributed by atoms with Crippen LogP contribution in [0.4, 0.5) is 13.2 Å². The average Bonchev–Trinajstić information content (AvgIpc) is 2.57. The quantitative estimate of drug-likeness (QED) is 0.827. The van der Waals surface area contributed by atoms with Crippen molar-refractivity contribution in [1.82, 2.24) is 5.32 Å². The maximum atomic E-state index is 12.2.